The molecule has 0 aliphatic rings. The van der Waals surface area contributed by atoms with Gasteiger partial charge in [-0.3, -0.25) is 9.36 Å². The average Bonchev–Trinajstić information content (AvgIpc) is 3.71. The highest BCUT2D eigenvalue weighted by Crippen LogP contribution is 2.38. The highest BCUT2D eigenvalue weighted by Gasteiger charge is 2.23. The van der Waals surface area contributed by atoms with Gasteiger partial charge in [-0.1, -0.05) is 391 Å². The van der Waals surface area contributed by atoms with Gasteiger partial charge >= 0.3 is 0 Å². The van der Waals surface area contributed by atoms with Crippen LogP contribution in [0, 0.1) is 0 Å². The van der Waals surface area contributed by atoms with E-state index in [1.165, 1.54) is 360 Å². The Labute approximate surface area is 545 Å². The van der Waals surface area contributed by atoms with Gasteiger partial charge in [0.05, 0.1) is 39.9 Å². The number of rotatable bonds is 74. The molecule has 0 heterocycles. The molecule has 0 saturated heterocycles. The molecule has 0 aliphatic heterocycles. The van der Waals surface area contributed by atoms with Crippen molar-refractivity contribution >= 4 is 13.7 Å². The first kappa shape index (κ1) is 86.0. The van der Waals surface area contributed by atoms with Crippen LogP contribution in [-0.2, 0) is 18.4 Å². The first-order valence-electron chi connectivity index (χ1n) is 39.2. The van der Waals surface area contributed by atoms with Crippen LogP contribution in [0.25, 0.3) is 0 Å². The summed E-state index contributed by atoms with van der Waals surface area (Å²) in [5, 5.41) is 14.0. The maximum Gasteiger partial charge on any atom is 0.268 e. The molecule has 2 N–H and O–H groups in total. The predicted octanol–water partition coefficient (Wildman–Crippen LogP) is 24.8. The van der Waals surface area contributed by atoms with E-state index in [-0.39, 0.29) is 19.1 Å². The number of unbranched alkanes of at least 4 members (excludes halogenated alkanes) is 59. The Balaban J connectivity index is 3.96. The Morgan fingerprint density at radius 3 is 0.897 bits per heavy atom. The second kappa shape index (κ2) is 69.3. The topological polar surface area (TPSA) is 108 Å². The molecule has 1 amide bonds. The van der Waals surface area contributed by atoms with Crippen LogP contribution in [0.15, 0.2) is 24.3 Å². The largest absolute Gasteiger partial charge is 0.756 e. The maximum atomic E-state index is 13.1. The summed E-state index contributed by atoms with van der Waals surface area (Å²) < 4.78 is 23.5. The third-order valence-electron chi connectivity index (χ3n) is 18.4. The number of nitrogens with zero attached hydrogens (tertiary/aromatic N) is 1. The van der Waals surface area contributed by atoms with Crippen molar-refractivity contribution in [2.24, 2.45) is 0 Å². The minimum atomic E-state index is -4.60. The lowest BCUT2D eigenvalue weighted by Crippen LogP contribution is -2.45. The lowest BCUT2D eigenvalue weighted by atomic mass is 10.0. The van der Waals surface area contributed by atoms with Crippen molar-refractivity contribution in [2.45, 2.75) is 431 Å². The van der Waals surface area contributed by atoms with Gasteiger partial charge in [-0.2, -0.15) is 0 Å². The molecule has 87 heavy (non-hydrogen) atoms. The van der Waals surface area contributed by atoms with E-state index in [0.717, 1.165) is 38.5 Å². The van der Waals surface area contributed by atoms with Gasteiger partial charge in [0.15, 0.2) is 0 Å². The van der Waals surface area contributed by atoms with E-state index in [1.54, 1.807) is 6.08 Å². The van der Waals surface area contributed by atoms with Crippen LogP contribution >= 0.6 is 7.82 Å². The van der Waals surface area contributed by atoms with Gasteiger partial charge in [0.25, 0.3) is 7.82 Å². The quantitative estimate of drug-likeness (QED) is 0.0272. The summed E-state index contributed by atoms with van der Waals surface area (Å²) in [6, 6.07) is -0.886. The Morgan fingerprint density at radius 1 is 0.391 bits per heavy atom. The van der Waals surface area contributed by atoms with Gasteiger partial charge in [-0.05, 0) is 44.9 Å². The number of aliphatic hydroxyl groups excluding tert-OH is 1. The van der Waals surface area contributed by atoms with E-state index in [0.29, 0.717) is 17.4 Å². The summed E-state index contributed by atoms with van der Waals surface area (Å²) in [5.41, 5.74) is 0. The van der Waals surface area contributed by atoms with E-state index in [4.69, 9.17) is 9.05 Å². The third kappa shape index (κ3) is 72.3. The molecular weight excluding hydrogens is 1090 g/mol. The van der Waals surface area contributed by atoms with E-state index in [1.807, 2.05) is 27.2 Å². The number of allylic oxidation sites excluding steroid dienone is 3. The number of quaternary nitrogens is 1. The van der Waals surface area contributed by atoms with Crippen LogP contribution < -0.4 is 10.2 Å². The fraction of sp³-hybridized carbons (Fsp3) is 0.936. The zero-order chi connectivity index (χ0) is 63.4. The zero-order valence-electron chi connectivity index (χ0n) is 59.5. The number of likely N-dealkylation sites (N-methyl/N-ethyl adjacent to an activating group) is 1. The Hall–Kier alpha value is -1.02. The second-order valence-electron chi connectivity index (χ2n) is 28.4. The third-order valence-corrected chi connectivity index (χ3v) is 19.4. The Kier molecular flexibility index (Phi) is 68.5. The molecule has 3 unspecified atom stereocenters. The van der Waals surface area contributed by atoms with Gasteiger partial charge in [-0.15, -0.1) is 0 Å². The number of hydrogen-bond donors (Lipinski definition) is 2. The van der Waals surface area contributed by atoms with Crippen molar-refractivity contribution in [3.05, 3.63) is 24.3 Å². The number of carbonyl (C=O) groups is 1. The van der Waals surface area contributed by atoms with E-state index in [9.17, 15) is 19.4 Å². The second-order valence-corrected chi connectivity index (χ2v) is 29.8. The molecule has 0 fully saturated rings. The summed E-state index contributed by atoms with van der Waals surface area (Å²) in [6.07, 6.45) is 92.0. The number of nitrogens with one attached hydrogen (secondary N) is 1. The van der Waals surface area contributed by atoms with Crippen molar-refractivity contribution < 1.29 is 32.9 Å². The fourth-order valence-electron chi connectivity index (χ4n) is 12.3. The summed E-state index contributed by atoms with van der Waals surface area (Å²) in [4.78, 5) is 25.7. The van der Waals surface area contributed by atoms with E-state index in [2.05, 4.69) is 31.3 Å². The zero-order valence-corrected chi connectivity index (χ0v) is 60.4. The smallest absolute Gasteiger partial charge is 0.268 e. The SMILES string of the molecule is CCCCCCCCCC/C=C\CCCCCCCCCCCCCCCCCCCCCCCC(=O)NC(COP(=O)([O-])OCC[N+](C)(C)C)C(O)/C=C/CCCCCCCCCCCCCCCCCCCCCCCCCCCCCCCC. The van der Waals surface area contributed by atoms with Crippen LogP contribution in [0.1, 0.15) is 418 Å². The molecule has 0 aromatic carbocycles. The van der Waals surface area contributed by atoms with E-state index >= 15 is 0 Å². The van der Waals surface area contributed by atoms with Gasteiger partial charge in [0.1, 0.15) is 13.2 Å². The molecule has 0 aliphatic carbocycles. The summed E-state index contributed by atoms with van der Waals surface area (Å²) >= 11 is 0. The predicted molar refractivity (Wildman–Crippen MR) is 381 cm³/mol. The van der Waals surface area contributed by atoms with Gasteiger partial charge < -0.3 is 28.8 Å². The summed E-state index contributed by atoms with van der Waals surface area (Å²) in [5.74, 6) is -0.187. The van der Waals surface area contributed by atoms with Crippen molar-refractivity contribution in [2.75, 3.05) is 40.9 Å². The van der Waals surface area contributed by atoms with Crippen molar-refractivity contribution in [3.8, 4) is 0 Å². The van der Waals surface area contributed by atoms with E-state index < -0.39 is 20.0 Å². The molecule has 0 aromatic rings. The minimum absolute atomic E-state index is 0.00221. The highest BCUT2D eigenvalue weighted by atomic mass is 31.2. The molecule has 0 spiro atoms. The molecule has 0 rings (SSSR count). The number of amides is 1. The number of aliphatic hydroxyl groups is 1. The lowest BCUT2D eigenvalue weighted by molar-refractivity contribution is -0.870. The molecule has 9 heteroatoms. The van der Waals surface area contributed by atoms with Crippen molar-refractivity contribution in [1.29, 1.82) is 0 Å². The van der Waals surface area contributed by atoms with Crippen molar-refractivity contribution in [3.63, 3.8) is 0 Å². The van der Waals surface area contributed by atoms with Crippen LogP contribution in [0.5, 0.6) is 0 Å². The standard InChI is InChI=1S/C78H155N2O6P/c1-6-8-10-12-14-16-18-20-22-24-26-28-30-32-34-36-38-40-42-44-46-48-50-52-54-56-58-60-62-64-66-68-70-72-78(82)79-76(75-86-87(83,84)85-74-73-80(3,4)5)77(81)71-69-67-65-63-61-59-57-55-53-51-49-47-45-43-41-39-37-35-33-31-29-27-25-23-21-19-17-15-13-11-9-7-2/h24,26,69,71,76-77,81H,6-23,25,27-68,70,72-75H2,1-5H3,(H-,79,82,83,84)/b26-24-,71-69+. The van der Waals surface area contributed by atoms with Crippen LogP contribution in [0.3, 0.4) is 0 Å². The van der Waals surface area contributed by atoms with Crippen LogP contribution in [0.4, 0.5) is 0 Å². The normalized spacial score (nSPS) is 13.6. The highest BCUT2D eigenvalue weighted by molar-refractivity contribution is 7.45. The minimum Gasteiger partial charge on any atom is -0.756 e. The van der Waals surface area contributed by atoms with Crippen molar-refractivity contribution in [1.82, 2.24) is 5.32 Å². The first-order valence-corrected chi connectivity index (χ1v) is 40.7. The van der Waals surface area contributed by atoms with Gasteiger partial charge in [-0.25, -0.2) is 0 Å². The molecule has 518 valence electrons. The fourth-order valence-corrected chi connectivity index (χ4v) is 13.1. The Bertz CT molecular complexity index is 1470. The molecule has 3 atom stereocenters. The van der Waals surface area contributed by atoms with Gasteiger partial charge in [0.2, 0.25) is 5.91 Å². The maximum absolute atomic E-state index is 13.1. The Morgan fingerprint density at radius 2 is 0.632 bits per heavy atom. The van der Waals surface area contributed by atoms with Gasteiger partial charge in [0, 0.05) is 6.42 Å². The molecule has 8 nitrogen and oxygen atoms in total. The summed E-state index contributed by atoms with van der Waals surface area (Å²) in [6.45, 7) is 4.72. The number of hydrogen-bond acceptors (Lipinski definition) is 6. The number of phosphoric ester groups is 1. The molecule has 0 aromatic heterocycles. The average molecular weight is 1250 g/mol. The molecule has 0 saturated carbocycles. The summed E-state index contributed by atoms with van der Waals surface area (Å²) in [7, 11) is 1.28. The monoisotopic (exact) mass is 1250 g/mol. The molecular formula is C78H155N2O6P. The van der Waals surface area contributed by atoms with Crippen LogP contribution in [0.2, 0.25) is 0 Å². The lowest BCUT2D eigenvalue weighted by Gasteiger charge is -2.29. The molecule has 0 bridgehead atoms. The number of carbonyl (C=O) groups excluding carboxylic acids is 1. The first-order chi connectivity index (χ1) is 42.5. The van der Waals surface area contributed by atoms with Crippen LogP contribution in [-0.4, -0.2) is 68.5 Å². The number of phosphoric acid groups is 1. The molecule has 0 radical (unpaired) electrons.